The van der Waals surface area contributed by atoms with Gasteiger partial charge in [-0.25, -0.2) is 9.36 Å². The number of aliphatic hydroxyl groups excluding tert-OH is 12. The summed E-state index contributed by atoms with van der Waals surface area (Å²) >= 11 is 0. The molecular weight excluding hydrogens is 1280 g/mol. The van der Waals surface area contributed by atoms with Crippen LogP contribution in [0.5, 0.6) is 0 Å². The van der Waals surface area contributed by atoms with Crippen molar-refractivity contribution < 1.29 is 123 Å². The van der Waals surface area contributed by atoms with Gasteiger partial charge in [-0.05, 0) is 12.8 Å². The van der Waals surface area contributed by atoms with E-state index in [9.17, 15) is 61.3 Å². The topological polar surface area (TPSA) is 736 Å². The number of aromatic nitrogens is 6. The molecule has 6 aliphatic heterocycles. The Labute approximate surface area is 542 Å². The van der Waals surface area contributed by atoms with Crippen LogP contribution in [0.2, 0.25) is 0 Å². The lowest BCUT2D eigenvalue weighted by Gasteiger charge is -2.47. The SMILES string of the molecule is NCC1O[C@H](OC2C(N)C[C@@H](N)C(O)[C@H]2O[C@@H]2O[C@H](Cn3cc(COCc4cn(C[C@H]5O[C@@H](O[C@H]6C(O[C@H]7OC(CN)C(O)[C@H](O)C7N)C(N)C[C@@H](N)C6O)[C@@H](O)C5O[C@H]5O[C@@H](CN)C(O)C(O)C5N)nn4)nn3)C(O[C@H]3O[C@@H](CN)C(O)C(O)C3N)[C@@H]2O)C(N)[C@@H](O)C1O. The van der Waals surface area contributed by atoms with Gasteiger partial charge in [-0.1, -0.05) is 10.4 Å². The van der Waals surface area contributed by atoms with E-state index in [0.717, 1.165) is 0 Å². The number of hydrogen-bond donors (Lipinski definition) is 24. The van der Waals surface area contributed by atoms with Gasteiger partial charge in [0.2, 0.25) is 0 Å². The molecule has 0 spiro atoms. The molecule has 0 bridgehead atoms. The van der Waals surface area contributed by atoms with Crippen molar-refractivity contribution in [2.75, 3.05) is 26.2 Å². The van der Waals surface area contributed by atoms with Crippen LogP contribution in [0.3, 0.4) is 0 Å². The first-order chi connectivity index (χ1) is 45.2. The number of nitrogens with two attached hydrogens (primary N) is 12. The van der Waals surface area contributed by atoms with Gasteiger partial charge in [0.1, 0.15) is 146 Å². The second-order valence-electron chi connectivity index (χ2n) is 25.5. The van der Waals surface area contributed by atoms with Crippen LogP contribution in [0.4, 0.5) is 0 Å². The van der Waals surface area contributed by atoms with Gasteiger partial charge in [-0.15, -0.1) is 10.2 Å². The van der Waals surface area contributed by atoms with Crippen molar-refractivity contribution in [3.05, 3.63) is 23.8 Å². The molecule has 0 radical (unpaired) electrons. The summed E-state index contributed by atoms with van der Waals surface area (Å²) in [5, 5.41) is 149. The van der Waals surface area contributed by atoms with E-state index in [2.05, 4.69) is 20.6 Å². The third-order valence-electron chi connectivity index (χ3n) is 18.8. The van der Waals surface area contributed by atoms with E-state index in [-0.39, 0.29) is 76.7 Å². The quantitative estimate of drug-likeness (QED) is 0.0464. The molecule has 2 aromatic heterocycles. The van der Waals surface area contributed by atoms with Crippen molar-refractivity contribution in [2.24, 2.45) is 68.8 Å². The minimum Gasteiger partial charge on any atom is -0.389 e. The fraction of sp³-hybridized carbons (Fsp3) is 0.923. The summed E-state index contributed by atoms with van der Waals surface area (Å²) in [5.74, 6) is 0. The lowest BCUT2D eigenvalue weighted by Crippen LogP contribution is -2.68. The molecule has 8 heterocycles. The van der Waals surface area contributed by atoms with Crippen molar-refractivity contribution in [3.8, 4) is 0 Å². The standard InChI is InChI=1S/C52H96N18O25/c53-3-19-31(73)35(77)25(61)47(84-19)90-41-17(59)1-15(57)29(71)45(41)94-51-39(81)43(92-49-27(63)37(79)33(75)21(5-55)86-49)23(88-51)9-69-7-13(65-67-69)11-83-12-14-8-70(68-66-14)10-24-44(93-50-28(64)38(80)34(76)22(6-56)87-50)40(82)52(89-24)95-46-30(72)16(58)2-18(60)42(46)91-48-26(62)36(78)32(74)20(4-54)85-48/h7-8,15-52,71-82H,1-6,9-12,53-64H2/t15-,16-,17?,18?,19?,20?,21+,22+,23-,24-,25?,26?,27?,28?,29?,30?,31?,32?,33?,34?,35-,36-,37?,38?,39+,40+,41?,42?,43?,44?,45-,46-,47-,48-,49-,50-,51+,52+/m1/s1. The Bertz CT molecular complexity index is 2540. The number of rotatable bonds is 24. The minimum atomic E-state index is -1.74. The Balaban J connectivity index is 0.812. The Hall–Kier alpha value is -3.20. The van der Waals surface area contributed by atoms with Crippen LogP contribution in [0.25, 0.3) is 0 Å². The lowest BCUT2D eigenvalue weighted by atomic mass is 9.84. The highest BCUT2D eigenvalue weighted by atomic mass is 16.8. The molecule has 6 saturated heterocycles. The first kappa shape index (κ1) is 74.5. The Morgan fingerprint density at radius 1 is 0.337 bits per heavy atom. The highest BCUT2D eigenvalue weighted by Crippen LogP contribution is 2.38. The lowest BCUT2D eigenvalue weighted by molar-refractivity contribution is -0.306. The first-order valence-corrected chi connectivity index (χ1v) is 31.4. The predicted octanol–water partition coefficient (Wildman–Crippen LogP) is -17.2. The van der Waals surface area contributed by atoms with Crippen LogP contribution in [-0.2, 0) is 87.9 Å². The number of hydrogen-bond acceptors (Lipinski definition) is 41. The van der Waals surface area contributed by atoms with Gasteiger partial charge in [0.15, 0.2) is 37.7 Å². The molecule has 43 heteroatoms. The van der Waals surface area contributed by atoms with Crippen LogP contribution in [0.1, 0.15) is 24.2 Å². The molecule has 8 aliphatic rings. The van der Waals surface area contributed by atoms with E-state index in [1.165, 1.54) is 21.8 Å². The zero-order valence-electron chi connectivity index (χ0n) is 51.5. The normalized spacial score (nSPS) is 49.1. The fourth-order valence-corrected chi connectivity index (χ4v) is 13.1. The Morgan fingerprint density at radius 3 is 0.905 bits per heavy atom. The monoisotopic (exact) mass is 1370 g/mol. The average Bonchev–Trinajstić information content (AvgIpc) is 1.72. The molecule has 43 nitrogen and oxygen atoms in total. The molecule has 38 atom stereocenters. The Morgan fingerprint density at radius 2 is 0.611 bits per heavy atom. The number of nitrogens with zero attached hydrogens (tertiary/aromatic N) is 6. The van der Waals surface area contributed by atoms with Crippen molar-refractivity contribution in [1.29, 1.82) is 0 Å². The minimum absolute atomic E-state index is 0.00310. The smallest absolute Gasteiger partial charge is 0.187 e. The highest BCUT2D eigenvalue weighted by molar-refractivity contribution is 5.06. The molecule has 0 aromatic carbocycles. The second kappa shape index (κ2) is 31.8. The van der Waals surface area contributed by atoms with Crippen LogP contribution < -0.4 is 68.8 Å². The summed E-state index contributed by atoms with van der Waals surface area (Å²) in [7, 11) is 0. The molecule has 95 heavy (non-hydrogen) atoms. The van der Waals surface area contributed by atoms with Crippen molar-refractivity contribution in [3.63, 3.8) is 0 Å². The van der Waals surface area contributed by atoms with Crippen molar-refractivity contribution in [2.45, 2.75) is 272 Å². The molecule has 36 N–H and O–H groups in total. The van der Waals surface area contributed by atoms with E-state index in [0.29, 0.717) is 0 Å². The predicted molar refractivity (Wildman–Crippen MR) is 311 cm³/mol. The summed E-state index contributed by atoms with van der Waals surface area (Å²) in [4.78, 5) is 0. The van der Waals surface area contributed by atoms with Gasteiger partial charge in [-0.2, -0.15) is 0 Å². The van der Waals surface area contributed by atoms with E-state index < -0.39 is 233 Å². The average molecular weight is 1370 g/mol. The zero-order chi connectivity index (χ0) is 68.8. The molecule has 544 valence electrons. The summed E-state index contributed by atoms with van der Waals surface area (Å²) in [6.45, 7) is -1.77. The molecule has 0 amide bonds. The summed E-state index contributed by atoms with van der Waals surface area (Å²) in [5.41, 5.74) is 74.5. The summed E-state index contributed by atoms with van der Waals surface area (Å²) in [6, 6.07) is -9.30. The first-order valence-electron chi connectivity index (χ1n) is 31.4. The molecule has 2 saturated carbocycles. The van der Waals surface area contributed by atoms with Gasteiger partial charge in [0.25, 0.3) is 0 Å². The third kappa shape index (κ3) is 15.8. The summed E-state index contributed by atoms with van der Waals surface area (Å²) in [6.07, 6.45) is -40.2. The molecular formula is C52H96N18O25. The van der Waals surface area contributed by atoms with Gasteiger partial charge in [0.05, 0.1) is 75.1 Å². The van der Waals surface area contributed by atoms with Gasteiger partial charge in [-0.3, -0.25) is 0 Å². The van der Waals surface area contributed by atoms with E-state index >= 15 is 0 Å². The maximum Gasteiger partial charge on any atom is 0.187 e. The largest absolute Gasteiger partial charge is 0.389 e. The zero-order valence-corrected chi connectivity index (χ0v) is 51.5. The maximum absolute atomic E-state index is 12.0. The molecule has 2 aliphatic carbocycles. The highest BCUT2D eigenvalue weighted by Gasteiger charge is 2.58. The van der Waals surface area contributed by atoms with E-state index in [1.54, 1.807) is 0 Å². The van der Waals surface area contributed by atoms with Crippen LogP contribution in [0, 0.1) is 0 Å². The van der Waals surface area contributed by atoms with E-state index in [1.807, 2.05) is 0 Å². The Kier molecular flexibility index (Phi) is 24.9. The van der Waals surface area contributed by atoms with Crippen molar-refractivity contribution >= 4 is 0 Å². The van der Waals surface area contributed by atoms with Gasteiger partial charge < -0.3 is 192 Å². The molecule has 8 fully saturated rings. The number of aliphatic hydroxyl groups is 12. The van der Waals surface area contributed by atoms with Crippen molar-refractivity contribution in [1.82, 2.24) is 30.0 Å². The number of ether oxygens (including phenoxy) is 13. The summed E-state index contributed by atoms with van der Waals surface area (Å²) < 4.78 is 82.0. The van der Waals surface area contributed by atoms with Crippen LogP contribution in [0.15, 0.2) is 12.4 Å². The van der Waals surface area contributed by atoms with E-state index in [4.69, 9.17) is 130 Å². The third-order valence-corrected chi connectivity index (χ3v) is 18.8. The van der Waals surface area contributed by atoms with Gasteiger partial charge in [0, 0.05) is 50.3 Å². The molecule has 20 unspecified atom stereocenters. The van der Waals surface area contributed by atoms with Crippen LogP contribution in [-0.4, -0.2) is 350 Å². The molecule has 10 rings (SSSR count). The second-order valence-corrected chi connectivity index (χ2v) is 25.5. The molecule has 2 aromatic rings. The van der Waals surface area contributed by atoms with Gasteiger partial charge >= 0.3 is 0 Å². The fourth-order valence-electron chi connectivity index (χ4n) is 13.1. The van der Waals surface area contributed by atoms with Crippen LogP contribution >= 0.6 is 0 Å². The maximum atomic E-state index is 12.0.